The second kappa shape index (κ2) is 8.90. The van der Waals surface area contributed by atoms with Crippen molar-refractivity contribution in [2.24, 2.45) is 0 Å². The lowest BCUT2D eigenvalue weighted by atomic mass is 10.1. The van der Waals surface area contributed by atoms with Crippen LogP contribution in [0.3, 0.4) is 0 Å². The van der Waals surface area contributed by atoms with Crippen molar-refractivity contribution in [3.8, 4) is 23.0 Å². The summed E-state index contributed by atoms with van der Waals surface area (Å²) in [6.07, 6.45) is 4.54. The van der Waals surface area contributed by atoms with Crippen molar-refractivity contribution in [1.29, 1.82) is 0 Å². The molecule has 156 valence electrons. The van der Waals surface area contributed by atoms with E-state index in [0.717, 1.165) is 33.8 Å². The quantitative estimate of drug-likeness (QED) is 0.337. The molecule has 2 aromatic heterocycles. The largest absolute Gasteiger partial charge is 0.268 e. The molecule has 0 aliphatic carbocycles. The van der Waals surface area contributed by atoms with E-state index in [0.29, 0.717) is 17.3 Å². The molecule has 6 nitrogen and oxygen atoms in total. The Bertz CT molecular complexity index is 1380. The average Bonchev–Trinajstić information content (AvgIpc) is 3.15. The maximum atomic E-state index is 11.1. The number of nitrogens with zero attached hydrogens (tertiary/aromatic N) is 3. The van der Waals surface area contributed by atoms with Crippen molar-refractivity contribution >= 4 is 32.6 Å². The molecule has 0 N–H and O–H groups in total. The summed E-state index contributed by atoms with van der Waals surface area (Å²) in [6, 6.07) is 17.2. The summed E-state index contributed by atoms with van der Waals surface area (Å²) in [4.78, 5) is 4.43. The van der Waals surface area contributed by atoms with Crippen LogP contribution in [0.25, 0.3) is 22.0 Å². The van der Waals surface area contributed by atoms with E-state index in [1.807, 2.05) is 54.6 Å². The minimum Gasteiger partial charge on any atom is -0.268 e. The second-order valence-corrected chi connectivity index (χ2v) is 8.94. The fraction of sp³-hybridized carbons (Fsp3) is 0.130. The molecule has 0 radical (unpaired) electrons. The number of pyridine rings is 1. The Hall–Kier alpha value is -3.18. The first-order chi connectivity index (χ1) is 14.9. The van der Waals surface area contributed by atoms with Crippen LogP contribution in [-0.4, -0.2) is 36.0 Å². The van der Waals surface area contributed by atoms with Crippen molar-refractivity contribution in [2.75, 3.05) is 12.9 Å². The molecular formula is C23H18ClN3O3S. The Labute approximate surface area is 185 Å². The summed E-state index contributed by atoms with van der Waals surface area (Å²) < 4.78 is 28.6. The van der Waals surface area contributed by atoms with E-state index in [-0.39, 0.29) is 6.61 Å². The maximum absolute atomic E-state index is 11.1. The van der Waals surface area contributed by atoms with E-state index in [2.05, 4.69) is 21.9 Å². The molecule has 0 saturated heterocycles. The van der Waals surface area contributed by atoms with Gasteiger partial charge in [0.05, 0.1) is 31.1 Å². The highest BCUT2D eigenvalue weighted by atomic mass is 35.5. The fourth-order valence-corrected chi connectivity index (χ4v) is 3.54. The topological polar surface area (TPSA) is 74.1 Å². The smallest absolute Gasteiger partial charge is 0.264 e. The number of fused-ring (bicyclic) bond motifs is 1. The van der Waals surface area contributed by atoms with Gasteiger partial charge in [0.1, 0.15) is 5.69 Å². The molecule has 0 unspecified atom stereocenters. The highest BCUT2D eigenvalue weighted by molar-refractivity contribution is 7.85. The standard InChI is InChI=1S/C23H18ClN3O3S/c1-31(28,29)30-13-12-27-23-11-3-17(14-20(23)16-26-27)2-9-22-10-6-19(15-25-22)18-4-7-21(24)8-5-18/h3-8,10-11,14-16H,12-13H2,1H3. The third-order valence-electron chi connectivity index (χ3n) is 4.52. The first-order valence-corrected chi connectivity index (χ1v) is 11.6. The van der Waals surface area contributed by atoms with E-state index in [1.165, 1.54) is 0 Å². The van der Waals surface area contributed by atoms with Crippen LogP contribution in [-0.2, 0) is 20.8 Å². The molecule has 4 rings (SSSR count). The SMILES string of the molecule is CS(=O)(=O)OCCn1ncc2cc(C#Cc3ccc(-c4ccc(Cl)cc4)cn3)ccc21. The van der Waals surface area contributed by atoms with Gasteiger partial charge in [-0.2, -0.15) is 13.5 Å². The molecule has 8 heteroatoms. The zero-order chi connectivity index (χ0) is 21.8. The third kappa shape index (κ3) is 5.50. The van der Waals surface area contributed by atoms with Gasteiger partial charge in [0.15, 0.2) is 0 Å². The normalized spacial score (nSPS) is 11.3. The lowest BCUT2D eigenvalue weighted by molar-refractivity contribution is 0.299. The molecule has 0 bridgehead atoms. The summed E-state index contributed by atoms with van der Waals surface area (Å²) in [6.45, 7) is 0.375. The Kier molecular flexibility index (Phi) is 6.05. The highest BCUT2D eigenvalue weighted by Crippen LogP contribution is 2.21. The number of hydrogen-bond acceptors (Lipinski definition) is 5. The van der Waals surface area contributed by atoms with Crippen molar-refractivity contribution in [3.63, 3.8) is 0 Å². The summed E-state index contributed by atoms with van der Waals surface area (Å²) >= 11 is 5.93. The molecule has 2 heterocycles. The van der Waals surface area contributed by atoms with Crippen LogP contribution in [0, 0.1) is 11.8 Å². The van der Waals surface area contributed by atoms with Crippen LogP contribution in [0.4, 0.5) is 0 Å². The lowest BCUT2D eigenvalue weighted by Gasteiger charge is -2.03. The Morgan fingerprint density at radius 2 is 1.77 bits per heavy atom. The molecule has 0 atom stereocenters. The van der Waals surface area contributed by atoms with Gasteiger partial charge in [-0.05, 0) is 47.9 Å². The van der Waals surface area contributed by atoms with E-state index < -0.39 is 10.1 Å². The summed E-state index contributed by atoms with van der Waals surface area (Å²) in [5.41, 5.74) is 4.43. The van der Waals surface area contributed by atoms with Crippen LogP contribution < -0.4 is 0 Å². The first kappa shape index (κ1) is 21.1. The monoisotopic (exact) mass is 451 g/mol. The van der Waals surface area contributed by atoms with Crippen LogP contribution >= 0.6 is 11.6 Å². The summed E-state index contributed by atoms with van der Waals surface area (Å²) in [5, 5.41) is 5.90. The second-order valence-electron chi connectivity index (χ2n) is 6.86. The Morgan fingerprint density at radius 1 is 1.00 bits per heavy atom. The van der Waals surface area contributed by atoms with Gasteiger partial charge in [-0.3, -0.25) is 8.86 Å². The van der Waals surface area contributed by atoms with E-state index in [1.54, 1.807) is 17.1 Å². The molecule has 0 amide bonds. The summed E-state index contributed by atoms with van der Waals surface area (Å²) in [5.74, 6) is 6.20. The van der Waals surface area contributed by atoms with Crippen LogP contribution in [0.5, 0.6) is 0 Å². The number of aromatic nitrogens is 3. The fourth-order valence-electron chi connectivity index (χ4n) is 3.04. The predicted molar refractivity (Wildman–Crippen MR) is 121 cm³/mol. The third-order valence-corrected chi connectivity index (χ3v) is 5.37. The number of benzene rings is 2. The predicted octanol–water partition coefficient (Wildman–Crippen LogP) is 4.13. The molecule has 0 aliphatic rings. The maximum Gasteiger partial charge on any atom is 0.264 e. The molecule has 2 aromatic carbocycles. The average molecular weight is 452 g/mol. The number of halogens is 1. The van der Waals surface area contributed by atoms with Crippen molar-refractivity contribution in [3.05, 3.63) is 83.3 Å². The van der Waals surface area contributed by atoms with Gasteiger partial charge in [-0.25, -0.2) is 4.98 Å². The molecule has 0 fully saturated rings. The zero-order valence-electron chi connectivity index (χ0n) is 16.6. The van der Waals surface area contributed by atoms with Gasteiger partial charge in [-0.15, -0.1) is 0 Å². The number of hydrogen-bond donors (Lipinski definition) is 0. The minimum absolute atomic E-state index is 0.0366. The Balaban J connectivity index is 1.47. The molecule has 4 aromatic rings. The molecule has 31 heavy (non-hydrogen) atoms. The van der Waals surface area contributed by atoms with Gasteiger partial charge in [0.2, 0.25) is 0 Å². The molecule has 0 spiro atoms. The summed E-state index contributed by atoms with van der Waals surface area (Å²) in [7, 11) is -3.46. The van der Waals surface area contributed by atoms with Gasteiger partial charge in [-0.1, -0.05) is 35.7 Å². The van der Waals surface area contributed by atoms with E-state index in [9.17, 15) is 8.42 Å². The Morgan fingerprint density at radius 3 is 2.48 bits per heavy atom. The van der Waals surface area contributed by atoms with Crippen molar-refractivity contribution < 1.29 is 12.6 Å². The van der Waals surface area contributed by atoms with Gasteiger partial charge < -0.3 is 0 Å². The zero-order valence-corrected chi connectivity index (χ0v) is 18.2. The number of rotatable bonds is 5. The van der Waals surface area contributed by atoms with E-state index in [4.69, 9.17) is 15.8 Å². The molecular weight excluding hydrogens is 434 g/mol. The first-order valence-electron chi connectivity index (χ1n) is 9.41. The molecule has 0 saturated carbocycles. The molecule has 0 aliphatic heterocycles. The highest BCUT2D eigenvalue weighted by Gasteiger charge is 2.06. The minimum atomic E-state index is -3.46. The lowest BCUT2D eigenvalue weighted by Crippen LogP contribution is -2.11. The van der Waals surface area contributed by atoms with Crippen molar-refractivity contribution in [2.45, 2.75) is 6.54 Å². The van der Waals surface area contributed by atoms with E-state index >= 15 is 0 Å². The van der Waals surface area contributed by atoms with Gasteiger partial charge in [0.25, 0.3) is 10.1 Å². The van der Waals surface area contributed by atoms with Crippen LogP contribution in [0.15, 0.2) is 67.0 Å². The van der Waals surface area contributed by atoms with Gasteiger partial charge >= 0.3 is 0 Å². The van der Waals surface area contributed by atoms with Crippen LogP contribution in [0.1, 0.15) is 11.3 Å². The van der Waals surface area contributed by atoms with Gasteiger partial charge in [0, 0.05) is 27.7 Å². The van der Waals surface area contributed by atoms with Crippen LogP contribution in [0.2, 0.25) is 5.02 Å². The van der Waals surface area contributed by atoms with Crippen molar-refractivity contribution in [1.82, 2.24) is 14.8 Å².